The van der Waals surface area contributed by atoms with Crippen molar-refractivity contribution < 1.29 is 4.39 Å². The third-order valence-electron chi connectivity index (χ3n) is 5.98. The summed E-state index contributed by atoms with van der Waals surface area (Å²) in [5.41, 5.74) is 2.72. The molecule has 1 N–H and O–H groups in total. The van der Waals surface area contributed by atoms with Gasteiger partial charge in [0.05, 0.1) is 5.69 Å². The topological polar surface area (TPSA) is 48.1 Å². The first-order valence-electron chi connectivity index (χ1n) is 10.5. The minimum absolute atomic E-state index is 0.240. The Labute approximate surface area is 170 Å². The van der Waals surface area contributed by atoms with Gasteiger partial charge in [-0.3, -0.25) is 4.90 Å². The largest absolute Gasteiger partial charge is 0.354 e. The minimum atomic E-state index is -0.240. The Bertz CT molecular complexity index is 955. The van der Waals surface area contributed by atoms with E-state index < -0.39 is 0 Å². The summed E-state index contributed by atoms with van der Waals surface area (Å²) < 4.78 is 13.2. The van der Waals surface area contributed by atoms with Crippen molar-refractivity contribution in [1.82, 2.24) is 19.9 Å². The van der Waals surface area contributed by atoms with Gasteiger partial charge in [0.15, 0.2) is 0 Å². The summed E-state index contributed by atoms with van der Waals surface area (Å²) in [4.78, 5) is 17.5. The molecular weight excluding hydrogens is 365 g/mol. The zero-order chi connectivity index (χ0) is 19.6. The van der Waals surface area contributed by atoms with E-state index in [0.717, 1.165) is 60.6 Å². The van der Waals surface area contributed by atoms with Gasteiger partial charge in [0, 0.05) is 49.7 Å². The van der Waals surface area contributed by atoms with Crippen LogP contribution < -0.4 is 4.90 Å². The number of imidazole rings is 1. The van der Waals surface area contributed by atoms with Crippen LogP contribution in [0.3, 0.4) is 0 Å². The summed E-state index contributed by atoms with van der Waals surface area (Å²) in [5.74, 6) is 2.57. The molecule has 1 aliphatic heterocycles. The smallest absolute Gasteiger partial charge is 0.138 e. The maximum Gasteiger partial charge on any atom is 0.138 e. The number of nitrogens with zero attached hydrogens (tertiary/aromatic N) is 4. The summed E-state index contributed by atoms with van der Waals surface area (Å²) in [6.45, 7) is 5.48. The molecule has 2 aliphatic rings. The van der Waals surface area contributed by atoms with E-state index in [1.54, 1.807) is 12.1 Å². The van der Waals surface area contributed by atoms with Crippen LogP contribution in [-0.4, -0.2) is 52.6 Å². The summed E-state index contributed by atoms with van der Waals surface area (Å²) >= 11 is 0. The van der Waals surface area contributed by atoms with Gasteiger partial charge in [-0.2, -0.15) is 0 Å². The molecule has 0 radical (unpaired) electrons. The Morgan fingerprint density at radius 2 is 1.79 bits per heavy atom. The molecule has 0 atom stereocenters. The maximum atomic E-state index is 13.2. The molecule has 6 heteroatoms. The lowest BCUT2D eigenvalue weighted by Crippen LogP contribution is -2.47. The van der Waals surface area contributed by atoms with Crippen molar-refractivity contribution in [2.75, 3.05) is 37.6 Å². The average molecular weight is 391 g/mol. The number of benzene rings is 1. The molecule has 0 amide bonds. The van der Waals surface area contributed by atoms with E-state index in [1.807, 2.05) is 18.5 Å². The molecule has 1 aromatic carbocycles. The van der Waals surface area contributed by atoms with Crippen molar-refractivity contribution in [3.8, 4) is 22.6 Å². The highest BCUT2D eigenvalue weighted by molar-refractivity contribution is 5.66. The van der Waals surface area contributed by atoms with Gasteiger partial charge < -0.3 is 9.88 Å². The SMILES string of the molecule is Fc1ccc(-c2c[nH]c(-c3ccnc(N4CCN(CCC5CC5)CC4)c3)n2)cc1. The molecule has 1 saturated carbocycles. The molecule has 29 heavy (non-hydrogen) atoms. The highest BCUT2D eigenvalue weighted by atomic mass is 19.1. The summed E-state index contributed by atoms with van der Waals surface area (Å²) in [5, 5.41) is 0. The Balaban J connectivity index is 1.26. The van der Waals surface area contributed by atoms with Crippen LogP contribution in [0.5, 0.6) is 0 Å². The van der Waals surface area contributed by atoms with Crippen LogP contribution >= 0.6 is 0 Å². The zero-order valence-corrected chi connectivity index (χ0v) is 16.5. The van der Waals surface area contributed by atoms with Crippen molar-refractivity contribution in [3.05, 3.63) is 54.6 Å². The highest BCUT2D eigenvalue weighted by Gasteiger charge is 2.24. The molecule has 0 spiro atoms. The predicted molar refractivity (Wildman–Crippen MR) is 113 cm³/mol. The number of piperazine rings is 1. The van der Waals surface area contributed by atoms with Crippen LogP contribution in [0, 0.1) is 11.7 Å². The van der Waals surface area contributed by atoms with Crippen molar-refractivity contribution >= 4 is 5.82 Å². The number of aromatic amines is 1. The van der Waals surface area contributed by atoms with Crippen LogP contribution in [-0.2, 0) is 0 Å². The number of hydrogen-bond donors (Lipinski definition) is 1. The van der Waals surface area contributed by atoms with Gasteiger partial charge in [0.25, 0.3) is 0 Å². The molecule has 5 rings (SSSR count). The predicted octanol–water partition coefficient (Wildman–Crippen LogP) is 4.20. The normalized spacial score (nSPS) is 17.6. The second kappa shape index (κ2) is 7.95. The van der Waals surface area contributed by atoms with Crippen molar-refractivity contribution in [1.29, 1.82) is 0 Å². The third-order valence-corrected chi connectivity index (χ3v) is 5.98. The molecule has 2 fully saturated rings. The fourth-order valence-electron chi connectivity index (χ4n) is 3.95. The number of aromatic nitrogens is 3. The molecule has 3 aromatic rings. The molecule has 0 bridgehead atoms. The van der Waals surface area contributed by atoms with Crippen LogP contribution in [0.1, 0.15) is 19.3 Å². The van der Waals surface area contributed by atoms with Crippen LogP contribution in [0.2, 0.25) is 0 Å². The first-order chi connectivity index (χ1) is 14.2. The Morgan fingerprint density at radius 3 is 2.55 bits per heavy atom. The number of H-pyrrole nitrogens is 1. The van der Waals surface area contributed by atoms with Crippen LogP contribution in [0.25, 0.3) is 22.6 Å². The monoisotopic (exact) mass is 391 g/mol. The fourth-order valence-corrected chi connectivity index (χ4v) is 3.95. The van der Waals surface area contributed by atoms with E-state index in [-0.39, 0.29) is 5.82 Å². The lowest BCUT2D eigenvalue weighted by atomic mass is 10.2. The molecule has 3 heterocycles. The Morgan fingerprint density at radius 1 is 1.00 bits per heavy atom. The number of hydrogen-bond acceptors (Lipinski definition) is 4. The van der Waals surface area contributed by atoms with E-state index in [0.29, 0.717) is 0 Å². The summed E-state index contributed by atoms with van der Waals surface area (Å²) in [6.07, 6.45) is 7.95. The van der Waals surface area contributed by atoms with Gasteiger partial charge >= 0.3 is 0 Å². The Hall–Kier alpha value is -2.73. The van der Waals surface area contributed by atoms with Crippen LogP contribution in [0.15, 0.2) is 48.8 Å². The third kappa shape index (κ3) is 4.32. The van der Waals surface area contributed by atoms with Gasteiger partial charge in [-0.15, -0.1) is 0 Å². The van der Waals surface area contributed by atoms with Gasteiger partial charge in [-0.1, -0.05) is 12.8 Å². The number of pyridine rings is 1. The molecule has 1 saturated heterocycles. The summed E-state index contributed by atoms with van der Waals surface area (Å²) in [6, 6.07) is 10.5. The minimum Gasteiger partial charge on any atom is -0.354 e. The number of halogens is 1. The summed E-state index contributed by atoms with van der Waals surface area (Å²) in [7, 11) is 0. The second-order valence-corrected chi connectivity index (χ2v) is 8.10. The molecular formula is C23H26FN5. The van der Waals surface area contributed by atoms with Crippen molar-refractivity contribution in [3.63, 3.8) is 0 Å². The lowest BCUT2D eigenvalue weighted by molar-refractivity contribution is 0.250. The first kappa shape index (κ1) is 18.3. The molecule has 5 nitrogen and oxygen atoms in total. The van der Waals surface area contributed by atoms with Crippen molar-refractivity contribution in [2.24, 2.45) is 5.92 Å². The number of anilines is 1. The van der Waals surface area contributed by atoms with E-state index in [4.69, 9.17) is 4.98 Å². The first-order valence-corrected chi connectivity index (χ1v) is 10.5. The van der Waals surface area contributed by atoms with E-state index in [9.17, 15) is 4.39 Å². The molecule has 150 valence electrons. The van der Waals surface area contributed by atoms with E-state index >= 15 is 0 Å². The van der Waals surface area contributed by atoms with Crippen molar-refractivity contribution in [2.45, 2.75) is 19.3 Å². The van der Waals surface area contributed by atoms with E-state index in [2.05, 4.69) is 25.8 Å². The van der Waals surface area contributed by atoms with E-state index in [1.165, 1.54) is 37.9 Å². The van der Waals surface area contributed by atoms with Crippen LogP contribution in [0.4, 0.5) is 10.2 Å². The van der Waals surface area contributed by atoms with Gasteiger partial charge in [-0.05, 0) is 55.3 Å². The lowest BCUT2D eigenvalue weighted by Gasteiger charge is -2.35. The fraction of sp³-hybridized carbons (Fsp3) is 0.391. The van der Waals surface area contributed by atoms with Gasteiger partial charge in [0.2, 0.25) is 0 Å². The second-order valence-electron chi connectivity index (χ2n) is 8.10. The maximum absolute atomic E-state index is 13.2. The highest BCUT2D eigenvalue weighted by Crippen LogP contribution is 2.32. The quantitative estimate of drug-likeness (QED) is 0.684. The average Bonchev–Trinajstić information content (AvgIpc) is 3.47. The molecule has 0 unspecified atom stereocenters. The van der Waals surface area contributed by atoms with Gasteiger partial charge in [0.1, 0.15) is 17.5 Å². The molecule has 2 aromatic heterocycles. The number of nitrogens with one attached hydrogen (secondary N) is 1. The number of rotatable bonds is 6. The molecule has 1 aliphatic carbocycles. The zero-order valence-electron chi connectivity index (χ0n) is 16.5. The standard InChI is InChI=1S/C23H26FN5/c24-20-5-3-18(4-6-20)21-16-26-23(27-21)19-7-9-25-22(15-19)29-13-11-28(12-14-29)10-8-17-1-2-17/h3-7,9,15-17H,1-2,8,10-14H2,(H,26,27). The van der Waals surface area contributed by atoms with Gasteiger partial charge in [-0.25, -0.2) is 14.4 Å². The Kier molecular flexibility index (Phi) is 5.02.